The fraction of sp³-hybridized carbons (Fsp3) is 0.429. The maximum Gasteiger partial charge on any atom is 0.356 e. The number of hydrogen-bond acceptors (Lipinski definition) is 5. The van der Waals surface area contributed by atoms with Gasteiger partial charge in [-0.2, -0.15) is 0 Å². The van der Waals surface area contributed by atoms with Gasteiger partial charge in [0.2, 0.25) is 0 Å². The minimum absolute atomic E-state index is 0.0711. The van der Waals surface area contributed by atoms with E-state index < -0.39 is 5.97 Å². The normalized spacial score (nSPS) is 10.2. The molecule has 0 aliphatic rings. The zero-order chi connectivity index (χ0) is 11.0. The molecule has 0 radical (unpaired) electrons. The molecule has 0 saturated carbocycles. The first-order valence-corrected chi connectivity index (χ1v) is 3.84. The van der Waals surface area contributed by atoms with Crippen molar-refractivity contribution in [3.8, 4) is 0 Å². The van der Waals surface area contributed by atoms with E-state index in [1.807, 2.05) is 0 Å². The monoisotopic (exact) mass is 197 g/mol. The number of ether oxygens (including phenoxy) is 1. The van der Waals surface area contributed by atoms with Gasteiger partial charge in [0.1, 0.15) is 5.71 Å². The van der Waals surface area contributed by atoms with E-state index in [1.54, 1.807) is 6.92 Å². The highest BCUT2D eigenvalue weighted by molar-refractivity contribution is 6.39. The van der Waals surface area contributed by atoms with Crippen LogP contribution in [0, 0.1) is 5.41 Å². The average molecular weight is 197 g/mol. The van der Waals surface area contributed by atoms with Crippen molar-refractivity contribution >= 4 is 11.7 Å². The van der Waals surface area contributed by atoms with Crippen LogP contribution in [0.5, 0.6) is 0 Å². The number of azide groups is 1. The van der Waals surface area contributed by atoms with Crippen LogP contribution in [-0.2, 0) is 9.53 Å². The summed E-state index contributed by atoms with van der Waals surface area (Å²) in [7, 11) is 0. The van der Waals surface area contributed by atoms with E-state index in [0.717, 1.165) is 6.08 Å². The summed E-state index contributed by atoms with van der Waals surface area (Å²) in [5, 5.41) is 10.4. The molecule has 14 heavy (non-hydrogen) atoms. The summed E-state index contributed by atoms with van der Waals surface area (Å²) in [6, 6.07) is 0. The Bertz CT molecular complexity index is 303. The standard InChI is InChI=1S/C7H11N5O2/c1-2-14-7(13)6(9)3-5(8)4-11-12-10/h3,9H,2,4,8H2,1H3. The molecule has 0 aromatic heterocycles. The largest absolute Gasteiger partial charge is 0.461 e. The summed E-state index contributed by atoms with van der Waals surface area (Å²) in [6.45, 7) is 1.77. The molecule has 0 aliphatic heterocycles. The molecule has 0 atom stereocenters. The van der Waals surface area contributed by atoms with Crippen LogP contribution < -0.4 is 5.73 Å². The number of esters is 1. The molecule has 0 aromatic carbocycles. The predicted molar refractivity (Wildman–Crippen MR) is 50.6 cm³/mol. The van der Waals surface area contributed by atoms with E-state index in [1.165, 1.54) is 0 Å². The molecule has 0 fully saturated rings. The molecule has 0 unspecified atom stereocenters. The van der Waals surface area contributed by atoms with E-state index >= 15 is 0 Å². The fourth-order valence-corrected chi connectivity index (χ4v) is 0.612. The van der Waals surface area contributed by atoms with Crippen molar-refractivity contribution in [3.63, 3.8) is 0 Å². The number of nitrogens with two attached hydrogens (primary N) is 1. The Morgan fingerprint density at radius 3 is 2.93 bits per heavy atom. The van der Waals surface area contributed by atoms with Gasteiger partial charge in [-0.05, 0) is 18.5 Å². The summed E-state index contributed by atoms with van der Waals surface area (Å²) >= 11 is 0. The molecule has 0 amide bonds. The molecule has 0 spiro atoms. The quantitative estimate of drug-likeness (QED) is 0.222. The van der Waals surface area contributed by atoms with Gasteiger partial charge >= 0.3 is 5.97 Å². The SMILES string of the molecule is CCOC(=O)C(=N)C=C(N)CN=[N+]=[N-]. The van der Waals surface area contributed by atoms with Gasteiger partial charge in [-0.15, -0.1) is 0 Å². The predicted octanol–water partition coefficient (Wildman–Crippen LogP) is 0.722. The van der Waals surface area contributed by atoms with E-state index in [0.29, 0.717) is 0 Å². The summed E-state index contributed by atoms with van der Waals surface area (Å²) in [5.74, 6) is -0.753. The highest BCUT2D eigenvalue weighted by atomic mass is 16.5. The summed E-state index contributed by atoms with van der Waals surface area (Å²) in [4.78, 5) is 13.4. The number of nitrogens with zero attached hydrogens (tertiary/aromatic N) is 3. The highest BCUT2D eigenvalue weighted by Crippen LogP contribution is 1.90. The third kappa shape index (κ3) is 4.78. The van der Waals surface area contributed by atoms with Crippen LogP contribution in [0.4, 0.5) is 0 Å². The van der Waals surface area contributed by atoms with E-state index in [4.69, 9.17) is 16.7 Å². The molecule has 0 bridgehead atoms. The highest BCUT2D eigenvalue weighted by Gasteiger charge is 2.06. The van der Waals surface area contributed by atoms with E-state index in [9.17, 15) is 4.79 Å². The van der Waals surface area contributed by atoms with Crippen LogP contribution in [-0.4, -0.2) is 24.8 Å². The molecular weight excluding hydrogens is 186 g/mol. The topological polar surface area (TPSA) is 125 Å². The van der Waals surface area contributed by atoms with Crippen LogP contribution in [0.1, 0.15) is 6.92 Å². The summed E-state index contributed by atoms with van der Waals surface area (Å²) < 4.78 is 4.54. The van der Waals surface area contributed by atoms with Crippen molar-refractivity contribution in [3.05, 3.63) is 22.2 Å². The first kappa shape index (κ1) is 12.0. The second-order valence-electron chi connectivity index (χ2n) is 2.24. The molecule has 7 heteroatoms. The number of nitrogens with one attached hydrogen (secondary N) is 1. The average Bonchev–Trinajstić information content (AvgIpc) is 2.15. The minimum atomic E-state index is -0.753. The van der Waals surface area contributed by atoms with Crippen molar-refractivity contribution in [1.29, 1.82) is 5.41 Å². The third-order valence-corrected chi connectivity index (χ3v) is 1.14. The number of rotatable bonds is 5. The number of hydrogen-bond donors (Lipinski definition) is 2. The van der Waals surface area contributed by atoms with Gasteiger partial charge in [0.15, 0.2) is 0 Å². The van der Waals surface area contributed by atoms with Gasteiger partial charge in [0.05, 0.1) is 13.2 Å². The summed E-state index contributed by atoms with van der Waals surface area (Å²) in [5.41, 5.74) is 13.1. The molecule has 3 N–H and O–H groups in total. The summed E-state index contributed by atoms with van der Waals surface area (Å²) in [6.07, 6.45) is 1.10. The molecule has 0 saturated heterocycles. The van der Waals surface area contributed by atoms with Crippen LogP contribution in [0.2, 0.25) is 0 Å². The van der Waals surface area contributed by atoms with Gasteiger partial charge in [-0.3, -0.25) is 5.41 Å². The zero-order valence-electron chi connectivity index (χ0n) is 7.73. The van der Waals surface area contributed by atoms with Crippen molar-refractivity contribution in [1.82, 2.24) is 0 Å². The Labute approximate surface area is 80.7 Å². The Kier molecular flexibility index (Phi) is 5.57. The van der Waals surface area contributed by atoms with Crippen molar-refractivity contribution in [2.24, 2.45) is 10.8 Å². The Hall–Kier alpha value is -2.01. The molecule has 0 heterocycles. The lowest BCUT2D eigenvalue weighted by atomic mass is 10.3. The van der Waals surface area contributed by atoms with E-state index in [2.05, 4.69) is 14.8 Å². The van der Waals surface area contributed by atoms with Crippen LogP contribution in [0.15, 0.2) is 16.9 Å². The van der Waals surface area contributed by atoms with Crippen LogP contribution >= 0.6 is 0 Å². The Morgan fingerprint density at radius 2 is 2.43 bits per heavy atom. The number of carbonyl (C=O) groups excluding carboxylic acids is 1. The Balaban J connectivity index is 4.27. The van der Waals surface area contributed by atoms with Gasteiger partial charge in [0.25, 0.3) is 0 Å². The maximum absolute atomic E-state index is 10.9. The number of carbonyl (C=O) groups is 1. The fourth-order valence-electron chi connectivity index (χ4n) is 0.612. The Morgan fingerprint density at radius 1 is 1.79 bits per heavy atom. The first-order chi connectivity index (χ1) is 6.61. The van der Waals surface area contributed by atoms with Gasteiger partial charge in [-0.25, -0.2) is 4.79 Å². The van der Waals surface area contributed by atoms with Gasteiger partial charge < -0.3 is 10.5 Å². The van der Waals surface area contributed by atoms with Gasteiger partial charge in [-0.1, -0.05) is 5.11 Å². The smallest absolute Gasteiger partial charge is 0.356 e. The molecule has 76 valence electrons. The van der Waals surface area contributed by atoms with Crippen LogP contribution in [0.25, 0.3) is 10.4 Å². The lowest BCUT2D eigenvalue weighted by molar-refractivity contribution is -0.135. The minimum Gasteiger partial charge on any atom is -0.461 e. The van der Waals surface area contributed by atoms with E-state index in [-0.39, 0.29) is 24.6 Å². The van der Waals surface area contributed by atoms with Crippen LogP contribution in [0.3, 0.4) is 0 Å². The van der Waals surface area contributed by atoms with Crippen molar-refractivity contribution in [2.75, 3.05) is 13.2 Å². The lowest BCUT2D eigenvalue weighted by Gasteiger charge is -1.99. The maximum atomic E-state index is 10.9. The molecule has 0 aromatic rings. The van der Waals surface area contributed by atoms with Crippen molar-refractivity contribution < 1.29 is 9.53 Å². The molecule has 0 aliphatic carbocycles. The zero-order valence-corrected chi connectivity index (χ0v) is 7.73. The van der Waals surface area contributed by atoms with Crippen molar-refractivity contribution in [2.45, 2.75) is 6.92 Å². The third-order valence-electron chi connectivity index (χ3n) is 1.14. The second kappa shape index (κ2) is 6.50. The van der Waals surface area contributed by atoms with Gasteiger partial charge in [0, 0.05) is 10.6 Å². The first-order valence-electron chi connectivity index (χ1n) is 3.84. The molecule has 0 rings (SSSR count). The second-order valence-corrected chi connectivity index (χ2v) is 2.24. The molecular formula is C7H11N5O2. The lowest BCUT2D eigenvalue weighted by Crippen LogP contribution is -2.16. The molecule has 7 nitrogen and oxygen atoms in total.